The molecule has 0 amide bonds. The molecular formula is C25H28N6O. The van der Waals surface area contributed by atoms with E-state index >= 15 is 0 Å². The third-order valence-electron chi connectivity index (χ3n) is 6.45. The molecule has 1 atom stereocenters. The molecule has 1 aliphatic heterocycles. The standard InChI is InChI=1S/C25H28N6O/c1-17-7-5-13-26-24(17)28-23-10-4-8-19(27-23)20-9-6-14-31(20)16-18-11-12-21-22(15-18)30(3)25(32)29(21)2/h4-5,7-8,10-13,15,20H,6,9,14,16H2,1-3H3,(H,26,27,28). The zero-order valence-electron chi connectivity index (χ0n) is 18.7. The van der Waals surface area contributed by atoms with Crippen molar-refractivity contribution in [1.29, 1.82) is 0 Å². The summed E-state index contributed by atoms with van der Waals surface area (Å²) in [5.74, 6) is 1.65. The van der Waals surface area contributed by atoms with Gasteiger partial charge in [0, 0.05) is 26.8 Å². The Labute approximate surface area is 187 Å². The predicted octanol–water partition coefficient (Wildman–Crippen LogP) is 4.06. The number of hydrogen-bond donors (Lipinski definition) is 1. The van der Waals surface area contributed by atoms with E-state index < -0.39 is 0 Å². The van der Waals surface area contributed by atoms with Crippen LogP contribution in [0.5, 0.6) is 0 Å². The van der Waals surface area contributed by atoms with Crippen molar-refractivity contribution in [2.45, 2.75) is 32.4 Å². The molecule has 1 unspecified atom stereocenters. The molecule has 0 aliphatic carbocycles. The van der Waals surface area contributed by atoms with Crippen molar-refractivity contribution in [3.05, 3.63) is 82.0 Å². The first-order valence-corrected chi connectivity index (χ1v) is 11.1. The lowest BCUT2D eigenvalue weighted by Gasteiger charge is -2.24. The highest BCUT2D eigenvalue weighted by atomic mass is 16.1. The summed E-state index contributed by atoms with van der Waals surface area (Å²) < 4.78 is 3.42. The summed E-state index contributed by atoms with van der Waals surface area (Å²) in [5.41, 5.74) is 5.32. The number of anilines is 2. The number of fused-ring (bicyclic) bond motifs is 1. The van der Waals surface area contributed by atoms with Gasteiger partial charge in [-0.15, -0.1) is 0 Å². The van der Waals surface area contributed by atoms with Crippen LogP contribution in [-0.2, 0) is 20.6 Å². The molecule has 3 aromatic heterocycles. The molecule has 32 heavy (non-hydrogen) atoms. The van der Waals surface area contributed by atoms with Crippen molar-refractivity contribution < 1.29 is 0 Å². The van der Waals surface area contributed by atoms with E-state index in [0.29, 0.717) is 0 Å². The van der Waals surface area contributed by atoms with Gasteiger partial charge < -0.3 is 5.32 Å². The Morgan fingerprint density at radius 2 is 1.91 bits per heavy atom. The molecular weight excluding hydrogens is 400 g/mol. The van der Waals surface area contributed by atoms with Gasteiger partial charge in [-0.1, -0.05) is 18.2 Å². The van der Waals surface area contributed by atoms with Gasteiger partial charge in [0.25, 0.3) is 0 Å². The number of pyridine rings is 2. The van der Waals surface area contributed by atoms with E-state index in [2.05, 4.69) is 45.5 Å². The van der Waals surface area contributed by atoms with Crippen LogP contribution in [0.3, 0.4) is 0 Å². The molecule has 1 N–H and O–H groups in total. The largest absolute Gasteiger partial charge is 0.328 e. The van der Waals surface area contributed by atoms with Crippen molar-refractivity contribution in [2.75, 3.05) is 11.9 Å². The molecule has 1 saturated heterocycles. The minimum absolute atomic E-state index is 0.00727. The Kier molecular flexibility index (Phi) is 5.27. The van der Waals surface area contributed by atoms with Crippen LogP contribution in [0.25, 0.3) is 11.0 Å². The van der Waals surface area contributed by atoms with Crippen LogP contribution < -0.4 is 11.0 Å². The highest BCUT2D eigenvalue weighted by molar-refractivity contribution is 5.76. The molecule has 0 bridgehead atoms. The third kappa shape index (κ3) is 3.69. The summed E-state index contributed by atoms with van der Waals surface area (Å²) in [6, 6.07) is 16.7. The Morgan fingerprint density at radius 3 is 2.75 bits per heavy atom. The minimum atomic E-state index is 0.00727. The maximum atomic E-state index is 12.3. The topological polar surface area (TPSA) is 68.0 Å². The second-order valence-corrected chi connectivity index (χ2v) is 8.59. The fraction of sp³-hybridized carbons (Fsp3) is 0.320. The molecule has 1 aliphatic rings. The molecule has 0 spiro atoms. The Balaban J connectivity index is 1.38. The maximum absolute atomic E-state index is 12.3. The quantitative estimate of drug-likeness (QED) is 0.519. The summed E-state index contributed by atoms with van der Waals surface area (Å²) in [7, 11) is 3.65. The van der Waals surface area contributed by atoms with E-state index in [0.717, 1.165) is 59.9 Å². The monoisotopic (exact) mass is 428 g/mol. The zero-order chi connectivity index (χ0) is 22.2. The van der Waals surface area contributed by atoms with Crippen molar-refractivity contribution in [3.63, 3.8) is 0 Å². The number of nitrogens with one attached hydrogen (secondary N) is 1. The fourth-order valence-corrected chi connectivity index (χ4v) is 4.68. The first-order chi connectivity index (χ1) is 15.5. The van der Waals surface area contributed by atoms with Crippen molar-refractivity contribution in [3.8, 4) is 0 Å². The smallest absolute Gasteiger partial charge is 0.325 e. The molecule has 7 nitrogen and oxygen atoms in total. The van der Waals surface area contributed by atoms with E-state index in [1.54, 1.807) is 15.3 Å². The van der Waals surface area contributed by atoms with Crippen molar-refractivity contribution >= 4 is 22.7 Å². The normalized spacial score (nSPS) is 16.7. The average Bonchev–Trinajstić information content (AvgIpc) is 3.35. The maximum Gasteiger partial charge on any atom is 0.328 e. The highest BCUT2D eigenvalue weighted by Crippen LogP contribution is 2.33. The molecule has 7 heteroatoms. The van der Waals surface area contributed by atoms with Gasteiger partial charge in [-0.3, -0.25) is 14.0 Å². The second-order valence-electron chi connectivity index (χ2n) is 8.59. The van der Waals surface area contributed by atoms with Gasteiger partial charge in [-0.05, 0) is 67.8 Å². The van der Waals surface area contributed by atoms with Gasteiger partial charge in [0.15, 0.2) is 0 Å². The van der Waals surface area contributed by atoms with E-state index in [-0.39, 0.29) is 11.7 Å². The summed E-state index contributed by atoms with van der Waals surface area (Å²) in [6.07, 6.45) is 4.03. The summed E-state index contributed by atoms with van der Waals surface area (Å²) in [6.45, 7) is 3.91. The number of aromatic nitrogens is 4. The number of rotatable bonds is 5. The Morgan fingerprint density at radius 1 is 1.06 bits per heavy atom. The molecule has 0 saturated carbocycles. The van der Waals surface area contributed by atoms with E-state index in [4.69, 9.17) is 4.98 Å². The molecule has 1 aromatic carbocycles. The van der Waals surface area contributed by atoms with E-state index in [1.165, 1.54) is 5.56 Å². The summed E-state index contributed by atoms with van der Waals surface area (Å²) in [4.78, 5) is 24.1. The number of hydrogen-bond acceptors (Lipinski definition) is 5. The second kappa shape index (κ2) is 8.24. The molecule has 164 valence electrons. The number of likely N-dealkylation sites (tertiary alicyclic amines) is 1. The highest BCUT2D eigenvalue weighted by Gasteiger charge is 2.27. The van der Waals surface area contributed by atoms with Gasteiger partial charge >= 0.3 is 5.69 Å². The van der Waals surface area contributed by atoms with E-state index in [9.17, 15) is 4.79 Å². The lowest BCUT2D eigenvalue weighted by molar-refractivity contribution is 0.244. The van der Waals surface area contributed by atoms with Gasteiger partial charge in [0.2, 0.25) is 0 Å². The van der Waals surface area contributed by atoms with Crippen LogP contribution in [0.15, 0.2) is 59.5 Å². The van der Waals surface area contributed by atoms with Crippen molar-refractivity contribution in [2.24, 2.45) is 14.1 Å². The Bertz CT molecular complexity index is 1340. The van der Waals surface area contributed by atoms with Gasteiger partial charge in [-0.25, -0.2) is 14.8 Å². The Hall–Kier alpha value is -3.45. The van der Waals surface area contributed by atoms with Crippen LogP contribution >= 0.6 is 0 Å². The molecule has 1 fully saturated rings. The number of benzene rings is 1. The van der Waals surface area contributed by atoms with Gasteiger partial charge in [0.1, 0.15) is 11.6 Å². The van der Waals surface area contributed by atoms with E-state index in [1.807, 2.05) is 39.2 Å². The lowest BCUT2D eigenvalue weighted by Crippen LogP contribution is -2.23. The van der Waals surface area contributed by atoms with Crippen LogP contribution in [0.1, 0.15) is 35.7 Å². The summed E-state index contributed by atoms with van der Waals surface area (Å²) >= 11 is 0. The minimum Gasteiger partial charge on any atom is -0.325 e. The van der Waals surface area contributed by atoms with Crippen LogP contribution in [0.4, 0.5) is 11.6 Å². The first kappa shape index (κ1) is 20.5. The third-order valence-corrected chi connectivity index (χ3v) is 6.45. The average molecular weight is 429 g/mol. The zero-order valence-corrected chi connectivity index (χ0v) is 18.7. The predicted molar refractivity (Wildman–Crippen MR) is 127 cm³/mol. The van der Waals surface area contributed by atoms with Crippen molar-refractivity contribution in [1.82, 2.24) is 24.0 Å². The SMILES string of the molecule is Cc1cccnc1Nc1cccc(C2CCCN2Cc2ccc3c(c2)n(C)c(=O)n3C)n1. The first-order valence-electron chi connectivity index (χ1n) is 11.1. The van der Waals surface area contributed by atoms with Crippen LogP contribution in [0, 0.1) is 6.92 Å². The van der Waals surface area contributed by atoms with Gasteiger partial charge in [-0.2, -0.15) is 0 Å². The molecule has 5 rings (SSSR count). The summed E-state index contributed by atoms with van der Waals surface area (Å²) in [5, 5.41) is 3.36. The molecule has 4 heterocycles. The molecule has 4 aromatic rings. The van der Waals surface area contributed by atoms with Crippen LogP contribution in [0.2, 0.25) is 0 Å². The van der Waals surface area contributed by atoms with Gasteiger partial charge in [0.05, 0.1) is 22.8 Å². The number of imidazole rings is 1. The number of aryl methyl sites for hydroxylation is 3. The molecule has 0 radical (unpaired) electrons. The fourth-order valence-electron chi connectivity index (χ4n) is 4.68. The number of nitrogens with zero attached hydrogens (tertiary/aromatic N) is 5. The lowest BCUT2D eigenvalue weighted by atomic mass is 10.1. The van der Waals surface area contributed by atoms with Crippen LogP contribution in [-0.4, -0.2) is 30.5 Å².